The summed E-state index contributed by atoms with van der Waals surface area (Å²) >= 11 is 0. The Morgan fingerprint density at radius 2 is 1.76 bits per heavy atom. The minimum Gasteiger partial charge on any atom is -0.478 e. The molecule has 0 aromatic heterocycles. The van der Waals surface area contributed by atoms with E-state index in [1.807, 2.05) is 12.2 Å². The van der Waals surface area contributed by atoms with E-state index in [0.717, 1.165) is 6.42 Å². The highest BCUT2D eigenvalue weighted by atomic mass is 16.7. The lowest BCUT2D eigenvalue weighted by molar-refractivity contribution is -0.198. The molecule has 1 N–H and O–H groups in total. The van der Waals surface area contributed by atoms with E-state index in [9.17, 15) is 19.2 Å². The van der Waals surface area contributed by atoms with E-state index in [0.29, 0.717) is 5.06 Å². The number of carbonyl (C=O) groups is 4. The third-order valence-corrected chi connectivity index (χ3v) is 4.28. The number of aliphatic carboxylic acids is 1. The molecule has 1 saturated carbocycles. The van der Waals surface area contributed by atoms with Crippen molar-refractivity contribution in [2.24, 2.45) is 23.7 Å². The lowest BCUT2D eigenvalue weighted by Crippen LogP contribution is -2.35. The molecule has 0 aromatic rings. The van der Waals surface area contributed by atoms with Crippen molar-refractivity contribution in [3.63, 3.8) is 0 Å². The molecule has 4 atom stereocenters. The number of carboxylic acids is 1. The Morgan fingerprint density at radius 1 is 1.24 bits per heavy atom. The van der Waals surface area contributed by atoms with Crippen LogP contribution in [0.1, 0.15) is 12.8 Å². The number of hydrogen-bond donors (Lipinski definition) is 1. The minimum atomic E-state index is -1.33. The average Bonchev–Trinajstić information content (AvgIpc) is 3.08. The number of hydrogen-bond acceptors (Lipinski definition) is 5. The number of carboxylic acid groups (broad SMARTS) is 1. The van der Waals surface area contributed by atoms with Crippen LogP contribution >= 0.6 is 0 Å². The fraction of sp³-hybridized carbons (Fsp3) is 0.429. The van der Waals surface area contributed by atoms with E-state index in [1.165, 1.54) is 0 Å². The normalized spacial score (nSPS) is 32.5. The molecule has 7 nitrogen and oxygen atoms in total. The Labute approximate surface area is 119 Å². The van der Waals surface area contributed by atoms with Gasteiger partial charge in [-0.05, 0) is 18.3 Å². The first kappa shape index (κ1) is 13.5. The summed E-state index contributed by atoms with van der Waals surface area (Å²) < 4.78 is 0. The average molecular weight is 291 g/mol. The standard InChI is InChI=1S/C14H13NO6/c1-6(14(19)20)4-9(16)21-15-12(17)10-7-2-3-8(5-7)11(10)13(15)18/h2-3,7-8,10-11H,1,4-5H2,(H,19,20). The Balaban J connectivity index is 1.69. The second kappa shape index (κ2) is 4.54. The van der Waals surface area contributed by atoms with Gasteiger partial charge in [-0.1, -0.05) is 18.7 Å². The van der Waals surface area contributed by atoms with E-state index >= 15 is 0 Å². The number of fused-ring (bicyclic) bond motifs is 5. The second-order valence-corrected chi connectivity index (χ2v) is 5.52. The summed E-state index contributed by atoms with van der Waals surface area (Å²) in [5.74, 6) is -4.21. The molecule has 2 bridgehead atoms. The maximum absolute atomic E-state index is 12.2. The Kier molecular flexibility index (Phi) is 2.93. The Bertz CT molecular complexity index is 577. The molecule has 2 amide bonds. The first-order chi connectivity index (χ1) is 9.90. The number of imide groups is 1. The highest BCUT2D eigenvalue weighted by Crippen LogP contribution is 2.52. The molecule has 7 heteroatoms. The van der Waals surface area contributed by atoms with Crippen molar-refractivity contribution < 1.29 is 29.1 Å². The van der Waals surface area contributed by atoms with E-state index in [2.05, 4.69) is 6.58 Å². The number of carbonyl (C=O) groups excluding carboxylic acids is 3. The van der Waals surface area contributed by atoms with Gasteiger partial charge in [-0.2, -0.15) is 0 Å². The smallest absolute Gasteiger partial charge is 0.337 e. The number of rotatable bonds is 4. The van der Waals surface area contributed by atoms with Gasteiger partial charge in [-0.25, -0.2) is 9.59 Å². The van der Waals surface area contributed by atoms with E-state index in [-0.39, 0.29) is 17.4 Å². The monoisotopic (exact) mass is 291 g/mol. The van der Waals surface area contributed by atoms with E-state index < -0.39 is 42.0 Å². The van der Waals surface area contributed by atoms with Gasteiger partial charge in [0.25, 0.3) is 11.8 Å². The van der Waals surface area contributed by atoms with Gasteiger partial charge in [0.2, 0.25) is 0 Å². The zero-order valence-electron chi connectivity index (χ0n) is 11.0. The lowest BCUT2D eigenvalue weighted by Gasteiger charge is -2.15. The third kappa shape index (κ3) is 1.96. The third-order valence-electron chi connectivity index (χ3n) is 4.28. The van der Waals surface area contributed by atoms with Crippen molar-refractivity contribution in [1.29, 1.82) is 0 Å². The van der Waals surface area contributed by atoms with Crippen molar-refractivity contribution >= 4 is 23.8 Å². The lowest BCUT2D eigenvalue weighted by atomic mass is 9.85. The predicted octanol–water partition coefficient (Wildman–Crippen LogP) is 0.283. The topological polar surface area (TPSA) is 101 Å². The van der Waals surface area contributed by atoms with Gasteiger partial charge in [-0.15, -0.1) is 5.06 Å². The van der Waals surface area contributed by atoms with Crippen molar-refractivity contribution in [3.8, 4) is 0 Å². The van der Waals surface area contributed by atoms with Crippen LogP contribution in [0, 0.1) is 23.7 Å². The summed E-state index contributed by atoms with van der Waals surface area (Å²) in [4.78, 5) is 51.3. The number of amides is 2. The molecule has 1 aliphatic heterocycles. The van der Waals surface area contributed by atoms with Crippen molar-refractivity contribution in [1.82, 2.24) is 5.06 Å². The molecular weight excluding hydrogens is 278 g/mol. The number of hydroxylamine groups is 2. The summed E-state index contributed by atoms with van der Waals surface area (Å²) in [7, 11) is 0. The first-order valence-electron chi connectivity index (χ1n) is 6.58. The van der Waals surface area contributed by atoms with Gasteiger partial charge in [0.15, 0.2) is 0 Å². The molecule has 2 aliphatic carbocycles. The van der Waals surface area contributed by atoms with Crippen LogP contribution in [-0.2, 0) is 24.0 Å². The van der Waals surface area contributed by atoms with Crippen LogP contribution in [0.2, 0.25) is 0 Å². The maximum Gasteiger partial charge on any atom is 0.337 e. The van der Waals surface area contributed by atoms with Crippen LogP contribution in [0.4, 0.5) is 0 Å². The molecule has 3 rings (SSSR count). The molecular formula is C14H13NO6. The Morgan fingerprint density at radius 3 is 2.24 bits per heavy atom. The van der Waals surface area contributed by atoms with Crippen LogP contribution in [0.15, 0.2) is 24.3 Å². The predicted molar refractivity (Wildman–Crippen MR) is 67.1 cm³/mol. The van der Waals surface area contributed by atoms with Gasteiger partial charge in [0.1, 0.15) is 0 Å². The molecule has 1 heterocycles. The number of nitrogens with zero attached hydrogens (tertiary/aromatic N) is 1. The summed E-state index contributed by atoms with van der Waals surface area (Å²) in [6, 6.07) is 0. The molecule has 4 unspecified atom stereocenters. The molecule has 0 spiro atoms. The highest BCUT2D eigenvalue weighted by Gasteiger charge is 2.60. The first-order valence-corrected chi connectivity index (χ1v) is 6.58. The van der Waals surface area contributed by atoms with Gasteiger partial charge in [-0.3, -0.25) is 9.59 Å². The largest absolute Gasteiger partial charge is 0.478 e. The second-order valence-electron chi connectivity index (χ2n) is 5.52. The van der Waals surface area contributed by atoms with Crippen molar-refractivity contribution in [2.75, 3.05) is 0 Å². The van der Waals surface area contributed by atoms with Crippen molar-refractivity contribution in [2.45, 2.75) is 12.8 Å². The molecule has 21 heavy (non-hydrogen) atoms. The molecule has 2 fully saturated rings. The van der Waals surface area contributed by atoms with E-state index in [4.69, 9.17) is 9.94 Å². The zero-order chi connectivity index (χ0) is 15.3. The Hall–Kier alpha value is -2.44. The van der Waals surface area contributed by atoms with Crippen LogP contribution in [-0.4, -0.2) is 33.9 Å². The molecule has 110 valence electrons. The van der Waals surface area contributed by atoms with Crippen LogP contribution in [0.5, 0.6) is 0 Å². The molecule has 0 aromatic carbocycles. The SMILES string of the molecule is C=C(CC(=O)ON1C(=O)C2C3C=CC(C3)C2C1=O)C(=O)O. The van der Waals surface area contributed by atoms with Crippen LogP contribution in [0.25, 0.3) is 0 Å². The number of allylic oxidation sites excluding steroid dienone is 2. The van der Waals surface area contributed by atoms with Gasteiger partial charge in [0, 0.05) is 5.57 Å². The van der Waals surface area contributed by atoms with Gasteiger partial charge >= 0.3 is 11.9 Å². The van der Waals surface area contributed by atoms with Gasteiger partial charge in [0.05, 0.1) is 18.3 Å². The maximum atomic E-state index is 12.2. The van der Waals surface area contributed by atoms with Gasteiger partial charge < -0.3 is 9.94 Å². The summed E-state index contributed by atoms with van der Waals surface area (Å²) in [5, 5.41) is 9.14. The minimum absolute atomic E-state index is 0.0223. The molecule has 3 aliphatic rings. The fourth-order valence-corrected chi connectivity index (χ4v) is 3.35. The summed E-state index contributed by atoms with van der Waals surface area (Å²) in [5.41, 5.74) is -0.360. The van der Waals surface area contributed by atoms with Crippen LogP contribution in [0.3, 0.4) is 0 Å². The molecule has 1 saturated heterocycles. The molecule has 0 radical (unpaired) electrons. The highest BCUT2D eigenvalue weighted by molar-refractivity contribution is 6.06. The zero-order valence-corrected chi connectivity index (χ0v) is 11.0. The summed E-state index contributed by atoms with van der Waals surface area (Å²) in [6.07, 6.45) is 4.06. The van der Waals surface area contributed by atoms with Crippen molar-refractivity contribution in [3.05, 3.63) is 24.3 Å². The van der Waals surface area contributed by atoms with Crippen LogP contribution < -0.4 is 0 Å². The summed E-state index contributed by atoms with van der Waals surface area (Å²) in [6.45, 7) is 3.20. The quantitative estimate of drug-likeness (QED) is 0.453. The fourth-order valence-electron chi connectivity index (χ4n) is 3.35. The van der Waals surface area contributed by atoms with E-state index in [1.54, 1.807) is 0 Å².